The molecule has 3 aromatic heterocycles. The number of pyridine rings is 1. The number of nitrogens with zero attached hydrogens (tertiary/aromatic N) is 3. The van der Waals surface area contributed by atoms with Crippen LogP contribution in [0.15, 0.2) is 28.9 Å². The first-order chi connectivity index (χ1) is 14.4. The Morgan fingerprint density at radius 3 is 2.47 bits per heavy atom. The standard InChI is InChI=1S/C24H29N3O3/c1-13(2)21-8-17-11-25-20-9-19(23-15(4)26-30-16(23)5)22(29-7)10-18(20)24(17)27(21)14(3)12-28-6/h8-11,13-14H,12H2,1-7H3. The molecule has 158 valence electrons. The van der Waals surface area contributed by atoms with E-state index in [1.807, 2.05) is 20.0 Å². The summed E-state index contributed by atoms with van der Waals surface area (Å²) >= 11 is 0. The van der Waals surface area contributed by atoms with Crippen LogP contribution in [0.4, 0.5) is 0 Å². The Balaban J connectivity index is 2.07. The lowest BCUT2D eigenvalue weighted by atomic mass is 10.00. The second kappa shape index (κ2) is 7.76. The quantitative estimate of drug-likeness (QED) is 0.404. The molecule has 0 spiro atoms. The summed E-state index contributed by atoms with van der Waals surface area (Å²) in [5, 5.41) is 6.30. The van der Waals surface area contributed by atoms with Gasteiger partial charge in [-0.05, 0) is 44.9 Å². The molecule has 1 unspecified atom stereocenters. The molecule has 0 saturated heterocycles. The Labute approximate surface area is 176 Å². The van der Waals surface area contributed by atoms with Crippen LogP contribution in [-0.4, -0.2) is 35.5 Å². The number of aromatic nitrogens is 3. The summed E-state index contributed by atoms with van der Waals surface area (Å²) in [6, 6.07) is 6.61. The first kappa shape index (κ1) is 20.4. The zero-order chi connectivity index (χ0) is 21.6. The summed E-state index contributed by atoms with van der Waals surface area (Å²) in [6.45, 7) is 11.1. The molecule has 0 saturated carbocycles. The zero-order valence-corrected chi connectivity index (χ0v) is 18.7. The number of fused-ring (bicyclic) bond motifs is 3. The van der Waals surface area contributed by atoms with Crippen molar-refractivity contribution in [3.63, 3.8) is 0 Å². The number of ether oxygens (including phenoxy) is 2. The van der Waals surface area contributed by atoms with Crippen molar-refractivity contribution in [2.75, 3.05) is 20.8 Å². The van der Waals surface area contributed by atoms with Gasteiger partial charge in [0.1, 0.15) is 11.5 Å². The van der Waals surface area contributed by atoms with Gasteiger partial charge in [-0.3, -0.25) is 4.98 Å². The van der Waals surface area contributed by atoms with Crippen LogP contribution in [0.2, 0.25) is 0 Å². The van der Waals surface area contributed by atoms with Crippen molar-refractivity contribution in [1.82, 2.24) is 14.7 Å². The van der Waals surface area contributed by atoms with E-state index >= 15 is 0 Å². The number of methoxy groups -OCH3 is 2. The fourth-order valence-corrected chi connectivity index (χ4v) is 4.42. The summed E-state index contributed by atoms with van der Waals surface area (Å²) in [5.41, 5.74) is 6.10. The molecule has 0 aliphatic heterocycles. The largest absolute Gasteiger partial charge is 0.496 e. The van der Waals surface area contributed by atoms with Crippen LogP contribution in [-0.2, 0) is 4.74 Å². The molecular formula is C24H29N3O3. The van der Waals surface area contributed by atoms with E-state index in [0.29, 0.717) is 12.5 Å². The molecule has 3 heterocycles. The van der Waals surface area contributed by atoms with E-state index in [4.69, 9.17) is 19.0 Å². The molecular weight excluding hydrogens is 378 g/mol. The van der Waals surface area contributed by atoms with Gasteiger partial charge in [0.2, 0.25) is 0 Å². The molecule has 6 heteroatoms. The Kier molecular flexibility index (Phi) is 5.28. The average Bonchev–Trinajstić information content (AvgIpc) is 3.27. The summed E-state index contributed by atoms with van der Waals surface area (Å²) in [4.78, 5) is 4.78. The molecule has 4 aromatic rings. The highest BCUT2D eigenvalue weighted by Gasteiger charge is 2.22. The van der Waals surface area contributed by atoms with Crippen LogP contribution in [0, 0.1) is 13.8 Å². The number of rotatable bonds is 6. The second-order valence-corrected chi connectivity index (χ2v) is 8.23. The third kappa shape index (κ3) is 3.16. The molecule has 30 heavy (non-hydrogen) atoms. The maximum atomic E-state index is 5.81. The van der Waals surface area contributed by atoms with E-state index in [2.05, 4.69) is 48.7 Å². The lowest BCUT2D eigenvalue weighted by Crippen LogP contribution is -2.14. The number of hydrogen-bond acceptors (Lipinski definition) is 5. The Morgan fingerprint density at radius 2 is 1.87 bits per heavy atom. The lowest BCUT2D eigenvalue weighted by Gasteiger charge is -2.21. The van der Waals surface area contributed by atoms with E-state index in [0.717, 1.165) is 50.1 Å². The predicted molar refractivity (Wildman–Crippen MR) is 119 cm³/mol. The number of aryl methyl sites for hydroxylation is 2. The van der Waals surface area contributed by atoms with Crippen LogP contribution in [0.25, 0.3) is 32.9 Å². The molecule has 1 aromatic carbocycles. The van der Waals surface area contributed by atoms with Gasteiger partial charge in [-0.2, -0.15) is 0 Å². The summed E-state index contributed by atoms with van der Waals surface area (Å²) in [5.74, 6) is 1.94. The van der Waals surface area contributed by atoms with Gasteiger partial charge in [0.25, 0.3) is 0 Å². The molecule has 0 radical (unpaired) electrons. The van der Waals surface area contributed by atoms with Crippen molar-refractivity contribution in [2.45, 2.75) is 46.6 Å². The van der Waals surface area contributed by atoms with Crippen LogP contribution < -0.4 is 4.74 Å². The third-order valence-electron chi connectivity index (χ3n) is 5.75. The van der Waals surface area contributed by atoms with Gasteiger partial charge in [0, 0.05) is 35.3 Å². The fourth-order valence-electron chi connectivity index (χ4n) is 4.42. The van der Waals surface area contributed by atoms with Gasteiger partial charge >= 0.3 is 0 Å². The molecule has 0 fully saturated rings. The van der Waals surface area contributed by atoms with Crippen LogP contribution >= 0.6 is 0 Å². The minimum atomic E-state index is 0.198. The Morgan fingerprint density at radius 1 is 1.10 bits per heavy atom. The fraction of sp³-hybridized carbons (Fsp3) is 0.417. The van der Waals surface area contributed by atoms with Gasteiger partial charge in [0.15, 0.2) is 0 Å². The molecule has 1 atom stereocenters. The van der Waals surface area contributed by atoms with Gasteiger partial charge in [0.05, 0.1) is 42.0 Å². The molecule has 0 aliphatic rings. The Hall–Kier alpha value is -2.86. The van der Waals surface area contributed by atoms with Crippen molar-refractivity contribution >= 4 is 21.8 Å². The maximum absolute atomic E-state index is 5.81. The van der Waals surface area contributed by atoms with Crippen LogP contribution in [0.1, 0.15) is 49.9 Å². The highest BCUT2D eigenvalue weighted by Crippen LogP contribution is 2.40. The van der Waals surface area contributed by atoms with Crippen molar-refractivity contribution in [3.05, 3.63) is 41.5 Å². The lowest BCUT2D eigenvalue weighted by molar-refractivity contribution is 0.162. The summed E-state index contributed by atoms with van der Waals surface area (Å²) < 4.78 is 19.1. The van der Waals surface area contributed by atoms with Gasteiger partial charge < -0.3 is 18.6 Å². The molecule has 6 nitrogen and oxygen atoms in total. The van der Waals surface area contributed by atoms with Crippen molar-refractivity contribution in [2.24, 2.45) is 0 Å². The third-order valence-corrected chi connectivity index (χ3v) is 5.75. The van der Waals surface area contributed by atoms with Crippen molar-refractivity contribution in [1.29, 1.82) is 0 Å². The number of hydrogen-bond donors (Lipinski definition) is 0. The summed E-state index contributed by atoms with van der Waals surface area (Å²) in [7, 11) is 3.44. The van der Waals surface area contributed by atoms with Crippen molar-refractivity contribution < 1.29 is 14.0 Å². The first-order valence-corrected chi connectivity index (χ1v) is 10.3. The van der Waals surface area contributed by atoms with Crippen LogP contribution in [0.3, 0.4) is 0 Å². The zero-order valence-electron chi connectivity index (χ0n) is 18.7. The predicted octanol–water partition coefficient (Wildman–Crippen LogP) is 5.80. The van der Waals surface area contributed by atoms with Crippen LogP contribution in [0.5, 0.6) is 5.75 Å². The van der Waals surface area contributed by atoms with E-state index in [-0.39, 0.29) is 6.04 Å². The smallest absolute Gasteiger partial charge is 0.141 e. The van der Waals surface area contributed by atoms with Gasteiger partial charge in [-0.25, -0.2) is 0 Å². The average molecular weight is 408 g/mol. The minimum Gasteiger partial charge on any atom is -0.496 e. The highest BCUT2D eigenvalue weighted by molar-refractivity contribution is 6.06. The topological polar surface area (TPSA) is 62.3 Å². The molecule has 0 aliphatic carbocycles. The first-order valence-electron chi connectivity index (χ1n) is 10.3. The van der Waals surface area contributed by atoms with E-state index < -0.39 is 0 Å². The molecule has 0 amide bonds. The van der Waals surface area contributed by atoms with E-state index in [9.17, 15) is 0 Å². The highest BCUT2D eigenvalue weighted by atomic mass is 16.5. The van der Waals surface area contributed by atoms with E-state index in [1.165, 1.54) is 5.69 Å². The monoisotopic (exact) mass is 407 g/mol. The Bertz CT molecular complexity index is 1200. The van der Waals surface area contributed by atoms with E-state index in [1.54, 1.807) is 14.2 Å². The maximum Gasteiger partial charge on any atom is 0.141 e. The molecule has 4 rings (SSSR count). The minimum absolute atomic E-state index is 0.198. The second-order valence-electron chi connectivity index (χ2n) is 8.23. The molecule has 0 N–H and O–H groups in total. The normalized spacial score (nSPS) is 12.9. The van der Waals surface area contributed by atoms with Crippen molar-refractivity contribution in [3.8, 4) is 16.9 Å². The summed E-state index contributed by atoms with van der Waals surface area (Å²) in [6.07, 6.45) is 1.96. The van der Waals surface area contributed by atoms with Gasteiger partial charge in [-0.15, -0.1) is 0 Å². The van der Waals surface area contributed by atoms with Gasteiger partial charge in [-0.1, -0.05) is 19.0 Å². The molecule has 0 bridgehead atoms. The SMILES string of the molecule is COCC(C)n1c(C(C)C)cc2cnc3cc(-c4c(C)noc4C)c(OC)cc3c21. The number of benzene rings is 1.